The number of rotatable bonds is 2. The van der Waals surface area contributed by atoms with Gasteiger partial charge in [-0.05, 0) is 36.8 Å². The number of hydrogen-bond acceptors (Lipinski definition) is 2. The molecule has 0 amide bonds. The van der Waals surface area contributed by atoms with Crippen molar-refractivity contribution in [1.29, 1.82) is 0 Å². The molecule has 3 nitrogen and oxygen atoms in total. The Bertz CT molecular complexity index is 749. The summed E-state index contributed by atoms with van der Waals surface area (Å²) >= 11 is 3.50. The fourth-order valence-corrected chi connectivity index (χ4v) is 2.45. The summed E-state index contributed by atoms with van der Waals surface area (Å²) in [7, 11) is 1.66. The van der Waals surface area contributed by atoms with Crippen LogP contribution in [0, 0.1) is 6.92 Å². The van der Waals surface area contributed by atoms with Crippen LogP contribution >= 0.6 is 15.9 Å². The summed E-state index contributed by atoms with van der Waals surface area (Å²) in [5, 5.41) is 0. The largest absolute Gasteiger partial charge is 0.497 e. The third kappa shape index (κ3) is 2.24. The molecule has 0 unspecified atom stereocenters. The number of methoxy groups -OCH3 is 1. The molecule has 3 aromatic rings. The molecule has 19 heavy (non-hydrogen) atoms. The number of aromatic amines is 1. The lowest BCUT2D eigenvalue weighted by atomic mass is 10.1. The Morgan fingerprint density at radius 1 is 1.16 bits per heavy atom. The Hall–Kier alpha value is -1.81. The van der Waals surface area contributed by atoms with Crippen LogP contribution in [-0.2, 0) is 0 Å². The van der Waals surface area contributed by atoms with Gasteiger partial charge < -0.3 is 9.72 Å². The molecule has 0 aliphatic carbocycles. The fourth-order valence-electron chi connectivity index (χ4n) is 2.09. The number of imidazole rings is 1. The lowest BCUT2D eigenvalue weighted by molar-refractivity contribution is 0.415. The predicted molar refractivity (Wildman–Crippen MR) is 80.5 cm³/mol. The second-order valence-electron chi connectivity index (χ2n) is 4.43. The summed E-state index contributed by atoms with van der Waals surface area (Å²) in [4.78, 5) is 7.97. The highest BCUT2D eigenvalue weighted by atomic mass is 79.9. The smallest absolute Gasteiger partial charge is 0.138 e. The SMILES string of the molecule is COc1ccc2nc(-c3cc(Br)ccc3C)[nH]c2c1. The summed E-state index contributed by atoms with van der Waals surface area (Å²) in [5.74, 6) is 1.70. The molecule has 1 N–H and O–H groups in total. The van der Waals surface area contributed by atoms with E-state index in [9.17, 15) is 0 Å². The standard InChI is InChI=1S/C15H13BrN2O/c1-9-3-4-10(16)7-12(9)15-17-13-6-5-11(19-2)8-14(13)18-15/h3-8H,1-2H3,(H,17,18). The highest BCUT2D eigenvalue weighted by Gasteiger charge is 2.09. The van der Waals surface area contributed by atoms with Gasteiger partial charge >= 0.3 is 0 Å². The Morgan fingerprint density at radius 3 is 2.79 bits per heavy atom. The summed E-state index contributed by atoms with van der Waals surface area (Å²) in [5.41, 5.74) is 4.21. The predicted octanol–water partition coefficient (Wildman–Crippen LogP) is 4.31. The highest BCUT2D eigenvalue weighted by Crippen LogP contribution is 2.27. The van der Waals surface area contributed by atoms with Crippen LogP contribution in [0.4, 0.5) is 0 Å². The van der Waals surface area contributed by atoms with Crippen LogP contribution in [0.25, 0.3) is 22.4 Å². The van der Waals surface area contributed by atoms with Gasteiger partial charge in [0, 0.05) is 16.1 Å². The molecule has 0 saturated heterocycles. The third-order valence-corrected chi connectivity index (χ3v) is 3.64. The molecule has 1 aromatic heterocycles. The van der Waals surface area contributed by atoms with Gasteiger partial charge in [0.05, 0.1) is 18.1 Å². The Balaban J connectivity index is 2.17. The Labute approximate surface area is 119 Å². The number of fused-ring (bicyclic) bond motifs is 1. The number of nitrogens with one attached hydrogen (secondary N) is 1. The van der Waals surface area contributed by atoms with E-state index in [1.807, 2.05) is 24.3 Å². The van der Waals surface area contributed by atoms with Gasteiger partial charge in [0.2, 0.25) is 0 Å². The first-order valence-electron chi connectivity index (χ1n) is 5.97. The number of H-pyrrole nitrogens is 1. The average molecular weight is 317 g/mol. The van der Waals surface area contributed by atoms with Crippen molar-refractivity contribution in [2.24, 2.45) is 0 Å². The number of hydrogen-bond donors (Lipinski definition) is 1. The van der Waals surface area contributed by atoms with E-state index in [0.717, 1.165) is 32.6 Å². The van der Waals surface area contributed by atoms with E-state index < -0.39 is 0 Å². The van der Waals surface area contributed by atoms with E-state index >= 15 is 0 Å². The number of nitrogens with zero attached hydrogens (tertiary/aromatic N) is 1. The molecule has 4 heteroatoms. The van der Waals surface area contributed by atoms with Crippen LogP contribution < -0.4 is 4.74 Å². The van der Waals surface area contributed by atoms with E-state index in [4.69, 9.17) is 4.74 Å². The minimum Gasteiger partial charge on any atom is -0.497 e. The van der Waals surface area contributed by atoms with E-state index in [2.05, 4.69) is 45.0 Å². The Morgan fingerprint density at radius 2 is 2.00 bits per heavy atom. The molecule has 0 saturated carbocycles. The van der Waals surface area contributed by atoms with Gasteiger partial charge in [-0.25, -0.2) is 4.98 Å². The van der Waals surface area contributed by atoms with E-state index in [1.54, 1.807) is 7.11 Å². The molecule has 0 aliphatic heterocycles. The molecule has 3 rings (SSSR count). The first kappa shape index (κ1) is 12.2. The number of ether oxygens (including phenoxy) is 1. The van der Waals surface area contributed by atoms with Crippen LogP contribution in [0.3, 0.4) is 0 Å². The normalized spacial score (nSPS) is 10.9. The zero-order chi connectivity index (χ0) is 13.4. The van der Waals surface area contributed by atoms with Gasteiger partial charge in [0.15, 0.2) is 0 Å². The maximum Gasteiger partial charge on any atom is 0.138 e. The van der Waals surface area contributed by atoms with Crippen molar-refractivity contribution in [1.82, 2.24) is 9.97 Å². The lowest BCUT2D eigenvalue weighted by Gasteiger charge is -2.02. The van der Waals surface area contributed by atoms with Crippen molar-refractivity contribution in [3.05, 3.63) is 46.4 Å². The molecular weight excluding hydrogens is 304 g/mol. The van der Waals surface area contributed by atoms with Crippen molar-refractivity contribution in [2.45, 2.75) is 6.92 Å². The molecule has 0 spiro atoms. The van der Waals surface area contributed by atoms with Gasteiger partial charge in [0.1, 0.15) is 11.6 Å². The quantitative estimate of drug-likeness (QED) is 0.765. The van der Waals surface area contributed by atoms with Crippen molar-refractivity contribution >= 4 is 27.0 Å². The summed E-state index contributed by atoms with van der Waals surface area (Å²) < 4.78 is 6.27. The van der Waals surface area contributed by atoms with Crippen LogP contribution in [0.1, 0.15) is 5.56 Å². The van der Waals surface area contributed by atoms with E-state index in [1.165, 1.54) is 5.56 Å². The third-order valence-electron chi connectivity index (χ3n) is 3.14. The average Bonchev–Trinajstić information content (AvgIpc) is 2.83. The number of aromatic nitrogens is 2. The Kier molecular flexibility index (Phi) is 3.03. The molecular formula is C15H13BrN2O. The molecule has 0 aliphatic rings. The highest BCUT2D eigenvalue weighted by molar-refractivity contribution is 9.10. The van der Waals surface area contributed by atoms with Gasteiger partial charge in [-0.15, -0.1) is 0 Å². The van der Waals surface area contributed by atoms with Crippen LogP contribution in [0.15, 0.2) is 40.9 Å². The van der Waals surface area contributed by atoms with E-state index in [0.29, 0.717) is 0 Å². The first-order valence-corrected chi connectivity index (χ1v) is 6.77. The molecule has 96 valence electrons. The van der Waals surface area contributed by atoms with Gasteiger partial charge in [-0.3, -0.25) is 0 Å². The zero-order valence-electron chi connectivity index (χ0n) is 10.7. The first-order chi connectivity index (χ1) is 9.17. The van der Waals surface area contributed by atoms with Gasteiger partial charge in [0.25, 0.3) is 0 Å². The maximum atomic E-state index is 5.22. The summed E-state index contributed by atoms with van der Waals surface area (Å²) in [6.07, 6.45) is 0. The monoisotopic (exact) mass is 316 g/mol. The van der Waals surface area contributed by atoms with Gasteiger partial charge in [-0.1, -0.05) is 22.0 Å². The topological polar surface area (TPSA) is 37.9 Å². The fraction of sp³-hybridized carbons (Fsp3) is 0.133. The van der Waals surface area contributed by atoms with Crippen molar-refractivity contribution < 1.29 is 4.74 Å². The molecule has 0 fully saturated rings. The second kappa shape index (κ2) is 4.70. The van der Waals surface area contributed by atoms with Crippen molar-refractivity contribution in [3.8, 4) is 17.1 Å². The zero-order valence-corrected chi connectivity index (χ0v) is 12.3. The maximum absolute atomic E-state index is 5.22. The van der Waals surface area contributed by atoms with Crippen LogP contribution in [0.2, 0.25) is 0 Å². The number of aryl methyl sites for hydroxylation is 1. The molecule has 0 bridgehead atoms. The summed E-state index contributed by atoms with van der Waals surface area (Å²) in [6, 6.07) is 12.0. The molecule has 0 radical (unpaired) electrons. The summed E-state index contributed by atoms with van der Waals surface area (Å²) in [6.45, 7) is 2.08. The molecule has 0 atom stereocenters. The number of halogens is 1. The number of benzene rings is 2. The van der Waals surface area contributed by atoms with Gasteiger partial charge in [-0.2, -0.15) is 0 Å². The van der Waals surface area contributed by atoms with Crippen LogP contribution in [-0.4, -0.2) is 17.1 Å². The van der Waals surface area contributed by atoms with Crippen LogP contribution in [0.5, 0.6) is 5.75 Å². The lowest BCUT2D eigenvalue weighted by Crippen LogP contribution is -1.85. The molecule has 1 heterocycles. The second-order valence-corrected chi connectivity index (χ2v) is 5.34. The minimum atomic E-state index is 0.827. The molecule has 2 aromatic carbocycles. The van der Waals surface area contributed by atoms with Crippen molar-refractivity contribution in [3.63, 3.8) is 0 Å². The van der Waals surface area contributed by atoms with E-state index in [-0.39, 0.29) is 0 Å². The van der Waals surface area contributed by atoms with Crippen molar-refractivity contribution in [2.75, 3.05) is 7.11 Å². The minimum absolute atomic E-state index is 0.827.